The van der Waals surface area contributed by atoms with Gasteiger partial charge < -0.3 is 20.4 Å². The summed E-state index contributed by atoms with van der Waals surface area (Å²) in [5.74, 6) is -3.34. The molecule has 6 heteroatoms. The van der Waals surface area contributed by atoms with Crippen LogP contribution in [0.2, 0.25) is 0 Å². The largest absolute Gasteiger partial charge is 0.507 e. The van der Waals surface area contributed by atoms with Crippen molar-refractivity contribution in [1.82, 2.24) is 0 Å². The SMILES string of the molecule is O=C1c2c(O)cccc2C(C(=O)c2ccc(O)c(O)c2)c2cccc(O)c21. The van der Waals surface area contributed by atoms with Crippen LogP contribution in [0.25, 0.3) is 0 Å². The molecule has 134 valence electrons. The van der Waals surface area contributed by atoms with Gasteiger partial charge in [0.05, 0.1) is 17.0 Å². The molecule has 3 aromatic carbocycles. The third-order valence-corrected chi connectivity index (χ3v) is 4.75. The second-order valence-corrected chi connectivity index (χ2v) is 6.31. The van der Waals surface area contributed by atoms with E-state index < -0.39 is 23.2 Å². The lowest BCUT2D eigenvalue weighted by atomic mass is 9.73. The molecule has 3 aromatic rings. The lowest BCUT2D eigenvalue weighted by molar-refractivity contribution is 0.0966. The van der Waals surface area contributed by atoms with Crippen LogP contribution in [0, 0.1) is 0 Å². The summed E-state index contributed by atoms with van der Waals surface area (Å²) in [7, 11) is 0. The van der Waals surface area contributed by atoms with Crippen LogP contribution in [0.3, 0.4) is 0 Å². The molecular weight excluding hydrogens is 348 g/mol. The number of rotatable bonds is 2. The average Bonchev–Trinajstić information content (AvgIpc) is 2.64. The first-order valence-corrected chi connectivity index (χ1v) is 8.14. The van der Waals surface area contributed by atoms with Gasteiger partial charge in [0.2, 0.25) is 5.78 Å². The molecule has 6 nitrogen and oxygen atoms in total. The van der Waals surface area contributed by atoms with Gasteiger partial charge in [-0.05, 0) is 41.5 Å². The summed E-state index contributed by atoms with van der Waals surface area (Å²) in [6.07, 6.45) is 0. The number of carbonyl (C=O) groups is 2. The van der Waals surface area contributed by atoms with Crippen LogP contribution in [-0.4, -0.2) is 32.0 Å². The van der Waals surface area contributed by atoms with Gasteiger partial charge in [0.25, 0.3) is 0 Å². The summed E-state index contributed by atoms with van der Waals surface area (Å²) < 4.78 is 0. The maximum absolute atomic E-state index is 13.3. The van der Waals surface area contributed by atoms with Crippen molar-refractivity contribution < 1.29 is 30.0 Å². The maximum Gasteiger partial charge on any atom is 0.201 e. The molecule has 0 bridgehead atoms. The summed E-state index contributed by atoms with van der Waals surface area (Å²) in [5.41, 5.74) is 0.681. The van der Waals surface area contributed by atoms with Crippen LogP contribution >= 0.6 is 0 Å². The highest BCUT2D eigenvalue weighted by molar-refractivity contribution is 6.19. The zero-order valence-corrected chi connectivity index (χ0v) is 13.9. The lowest BCUT2D eigenvalue weighted by Gasteiger charge is -2.27. The molecule has 0 saturated carbocycles. The van der Waals surface area contributed by atoms with E-state index in [1.54, 1.807) is 12.1 Å². The smallest absolute Gasteiger partial charge is 0.201 e. The van der Waals surface area contributed by atoms with Crippen molar-refractivity contribution in [2.75, 3.05) is 0 Å². The van der Waals surface area contributed by atoms with Crippen molar-refractivity contribution in [2.45, 2.75) is 5.92 Å². The highest BCUT2D eigenvalue weighted by atomic mass is 16.3. The Kier molecular flexibility index (Phi) is 3.63. The van der Waals surface area contributed by atoms with Crippen molar-refractivity contribution in [3.05, 3.63) is 82.4 Å². The van der Waals surface area contributed by atoms with E-state index in [1.807, 2.05) is 0 Å². The Morgan fingerprint density at radius 3 is 1.78 bits per heavy atom. The minimum absolute atomic E-state index is 0.0344. The Hall–Kier alpha value is -3.80. The molecule has 0 aromatic heterocycles. The van der Waals surface area contributed by atoms with Gasteiger partial charge in [-0.1, -0.05) is 24.3 Å². The van der Waals surface area contributed by atoms with Crippen molar-refractivity contribution in [2.24, 2.45) is 0 Å². The normalized spacial score (nSPS) is 13.1. The summed E-state index contributed by atoms with van der Waals surface area (Å²) in [6, 6.07) is 12.6. The Bertz CT molecular complexity index is 1060. The molecule has 4 N–H and O–H groups in total. The number of carbonyl (C=O) groups excluding carboxylic acids is 2. The Labute approximate surface area is 153 Å². The van der Waals surface area contributed by atoms with Crippen LogP contribution in [0.4, 0.5) is 0 Å². The van der Waals surface area contributed by atoms with Crippen molar-refractivity contribution >= 4 is 11.6 Å². The van der Waals surface area contributed by atoms with E-state index in [0.717, 1.165) is 6.07 Å². The molecule has 0 aliphatic heterocycles. The van der Waals surface area contributed by atoms with Gasteiger partial charge in [-0.25, -0.2) is 0 Å². The van der Waals surface area contributed by atoms with E-state index in [0.29, 0.717) is 11.1 Å². The Balaban J connectivity index is 1.98. The number of Topliss-reactive ketones (excluding diaryl/α,β-unsaturated/α-hetero) is 1. The molecule has 0 atom stereocenters. The number of ketones is 2. The van der Waals surface area contributed by atoms with E-state index in [1.165, 1.54) is 36.4 Å². The number of fused-ring (bicyclic) bond motifs is 2. The molecule has 27 heavy (non-hydrogen) atoms. The predicted molar refractivity (Wildman–Crippen MR) is 95.6 cm³/mol. The van der Waals surface area contributed by atoms with Crippen molar-refractivity contribution in [1.29, 1.82) is 0 Å². The van der Waals surface area contributed by atoms with Crippen LogP contribution < -0.4 is 0 Å². The second kappa shape index (κ2) is 5.88. The molecule has 0 saturated heterocycles. The Morgan fingerprint density at radius 2 is 1.26 bits per heavy atom. The fourth-order valence-electron chi connectivity index (χ4n) is 3.51. The maximum atomic E-state index is 13.3. The molecule has 0 radical (unpaired) electrons. The van der Waals surface area contributed by atoms with Gasteiger partial charge in [-0.3, -0.25) is 9.59 Å². The first-order valence-electron chi connectivity index (χ1n) is 8.14. The van der Waals surface area contributed by atoms with Gasteiger partial charge in [-0.2, -0.15) is 0 Å². The monoisotopic (exact) mass is 362 g/mol. The first kappa shape index (κ1) is 16.7. The van der Waals surface area contributed by atoms with E-state index in [4.69, 9.17) is 0 Å². The number of benzene rings is 3. The fourth-order valence-corrected chi connectivity index (χ4v) is 3.51. The zero-order chi connectivity index (χ0) is 19.3. The Morgan fingerprint density at radius 1 is 0.704 bits per heavy atom. The van der Waals surface area contributed by atoms with Crippen LogP contribution in [0.5, 0.6) is 23.0 Å². The van der Waals surface area contributed by atoms with E-state index in [-0.39, 0.29) is 33.9 Å². The van der Waals surface area contributed by atoms with Crippen LogP contribution in [0.1, 0.15) is 43.3 Å². The molecule has 0 fully saturated rings. The highest BCUT2D eigenvalue weighted by Gasteiger charge is 2.38. The quantitative estimate of drug-likeness (QED) is 0.411. The van der Waals surface area contributed by atoms with Crippen LogP contribution in [-0.2, 0) is 0 Å². The van der Waals surface area contributed by atoms with E-state index >= 15 is 0 Å². The minimum atomic E-state index is -0.962. The number of hydrogen-bond donors (Lipinski definition) is 4. The van der Waals surface area contributed by atoms with Gasteiger partial charge in [-0.15, -0.1) is 0 Å². The molecule has 0 amide bonds. The molecule has 4 rings (SSSR count). The zero-order valence-electron chi connectivity index (χ0n) is 13.9. The molecule has 0 unspecified atom stereocenters. The summed E-state index contributed by atoms with van der Waals surface area (Å²) in [6.45, 7) is 0. The van der Waals surface area contributed by atoms with Gasteiger partial charge in [0, 0.05) is 5.56 Å². The van der Waals surface area contributed by atoms with E-state index in [9.17, 15) is 30.0 Å². The van der Waals surface area contributed by atoms with Crippen LogP contribution in [0.15, 0.2) is 54.6 Å². The third-order valence-electron chi connectivity index (χ3n) is 4.75. The number of aromatic hydroxyl groups is 4. The predicted octanol–water partition coefficient (Wildman–Crippen LogP) is 3.07. The van der Waals surface area contributed by atoms with Gasteiger partial charge >= 0.3 is 0 Å². The summed E-state index contributed by atoms with van der Waals surface area (Å²) in [5, 5.41) is 39.6. The standard InChI is InChI=1S/C21H14O6/c22-13-8-7-10(9-16(13)25)20(26)17-11-3-1-5-14(23)18(11)21(27)19-12(17)4-2-6-15(19)24/h1-9,17,22-25H. The average molecular weight is 362 g/mol. The van der Waals surface area contributed by atoms with Crippen molar-refractivity contribution in [3.8, 4) is 23.0 Å². The molecular formula is C21H14O6. The second-order valence-electron chi connectivity index (χ2n) is 6.31. The fraction of sp³-hybridized carbons (Fsp3) is 0.0476. The number of phenolic OH excluding ortho intramolecular Hbond substituents is 4. The molecule has 1 aliphatic rings. The van der Waals surface area contributed by atoms with Gasteiger partial charge in [0.1, 0.15) is 11.5 Å². The molecule has 0 spiro atoms. The van der Waals surface area contributed by atoms with Crippen molar-refractivity contribution in [3.63, 3.8) is 0 Å². The topological polar surface area (TPSA) is 115 Å². The van der Waals surface area contributed by atoms with Gasteiger partial charge in [0.15, 0.2) is 17.3 Å². The first-order chi connectivity index (χ1) is 12.9. The van der Waals surface area contributed by atoms with E-state index in [2.05, 4.69) is 0 Å². The minimum Gasteiger partial charge on any atom is -0.507 e. The summed E-state index contributed by atoms with van der Waals surface area (Å²) in [4.78, 5) is 26.1. The third kappa shape index (κ3) is 2.42. The number of hydrogen-bond acceptors (Lipinski definition) is 6. The lowest BCUT2D eigenvalue weighted by Crippen LogP contribution is -2.25. The number of phenols is 4. The molecule has 0 heterocycles. The summed E-state index contributed by atoms with van der Waals surface area (Å²) >= 11 is 0. The molecule has 1 aliphatic carbocycles. The highest BCUT2D eigenvalue weighted by Crippen LogP contribution is 2.44.